The Bertz CT molecular complexity index is 1080. The summed E-state index contributed by atoms with van der Waals surface area (Å²) in [7, 11) is 0. The minimum Gasteiger partial charge on any atom is -0.325 e. The number of hydrogen-bond donors (Lipinski definition) is 1. The van der Waals surface area contributed by atoms with Crippen molar-refractivity contribution in [3.8, 4) is 0 Å². The summed E-state index contributed by atoms with van der Waals surface area (Å²) in [5, 5.41) is 3.80. The number of rotatable bonds is 5. The number of fused-ring (bicyclic) bond motifs is 1. The lowest BCUT2D eigenvalue weighted by Crippen LogP contribution is -2.27. The summed E-state index contributed by atoms with van der Waals surface area (Å²) in [4.78, 5) is 30.2. The van der Waals surface area contributed by atoms with E-state index in [1.54, 1.807) is 10.6 Å². The number of aryl methyl sites for hydroxylation is 3. The third-order valence-corrected chi connectivity index (χ3v) is 5.81. The molecule has 1 atom stereocenters. The molecule has 28 heavy (non-hydrogen) atoms. The number of carbonyl (C=O) groups excluding carboxylic acids is 1. The summed E-state index contributed by atoms with van der Waals surface area (Å²) in [6.07, 6.45) is 0. The smallest absolute Gasteiger partial charge is 0.262 e. The summed E-state index contributed by atoms with van der Waals surface area (Å²) in [6.45, 7) is 10.3. The van der Waals surface area contributed by atoms with Crippen molar-refractivity contribution in [1.82, 2.24) is 9.55 Å². The highest BCUT2D eigenvalue weighted by Gasteiger charge is 2.20. The van der Waals surface area contributed by atoms with E-state index in [2.05, 4.69) is 22.4 Å². The molecule has 0 saturated heterocycles. The lowest BCUT2D eigenvalue weighted by atomic mass is 10.1. The maximum Gasteiger partial charge on any atom is 0.262 e. The van der Waals surface area contributed by atoms with Gasteiger partial charge in [-0.25, -0.2) is 4.98 Å². The molecule has 0 saturated carbocycles. The first-order chi connectivity index (χ1) is 13.3. The number of anilines is 1. The maximum atomic E-state index is 12.8. The summed E-state index contributed by atoms with van der Waals surface area (Å²) >= 11 is 1.31. The number of hydrogen-bond acceptors (Lipinski definition) is 4. The van der Waals surface area contributed by atoms with E-state index in [0.717, 1.165) is 16.8 Å². The first kappa shape index (κ1) is 20.1. The molecule has 0 fully saturated rings. The first-order valence-corrected chi connectivity index (χ1v) is 10.2. The van der Waals surface area contributed by atoms with Gasteiger partial charge in [0.1, 0.15) is 0 Å². The third-order valence-electron chi connectivity index (χ3n) is 4.72. The van der Waals surface area contributed by atoms with Crippen LogP contribution < -0.4 is 10.9 Å². The SMILES string of the molecule is CCn1c(SC(C)C(=O)Nc2c(C)cc(C)cc2C)nc2ccccc2c1=O. The van der Waals surface area contributed by atoms with E-state index in [-0.39, 0.29) is 11.5 Å². The topological polar surface area (TPSA) is 64.0 Å². The van der Waals surface area contributed by atoms with Crippen molar-refractivity contribution in [3.63, 3.8) is 0 Å². The van der Waals surface area contributed by atoms with Crippen LogP contribution in [0.3, 0.4) is 0 Å². The highest BCUT2D eigenvalue weighted by Crippen LogP contribution is 2.26. The standard InChI is InChI=1S/C22H25N3O2S/c1-6-25-21(27)17-9-7-8-10-18(17)23-22(25)28-16(5)20(26)24-19-14(3)11-13(2)12-15(19)4/h7-12,16H,6H2,1-5H3,(H,24,26). The van der Waals surface area contributed by atoms with E-state index in [0.29, 0.717) is 22.6 Å². The van der Waals surface area contributed by atoms with Gasteiger partial charge in [-0.05, 0) is 57.9 Å². The Hall–Kier alpha value is -2.60. The average Bonchev–Trinajstić information content (AvgIpc) is 2.64. The Labute approximate surface area is 169 Å². The number of carbonyl (C=O) groups is 1. The molecule has 1 N–H and O–H groups in total. The van der Waals surface area contributed by atoms with Crippen LogP contribution in [0.5, 0.6) is 0 Å². The van der Waals surface area contributed by atoms with Crippen LogP contribution in [0.15, 0.2) is 46.3 Å². The molecule has 5 nitrogen and oxygen atoms in total. The van der Waals surface area contributed by atoms with Crippen LogP contribution >= 0.6 is 11.8 Å². The first-order valence-electron chi connectivity index (χ1n) is 9.36. The molecule has 1 aromatic heterocycles. The second-order valence-electron chi connectivity index (χ2n) is 6.98. The minimum absolute atomic E-state index is 0.0755. The summed E-state index contributed by atoms with van der Waals surface area (Å²) in [5.74, 6) is -0.106. The Morgan fingerprint density at radius 2 is 1.82 bits per heavy atom. The molecule has 0 aliphatic rings. The Balaban J connectivity index is 1.88. The lowest BCUT2D eigenvalue weighted by Gasteiger charge is -2.17. The zero-order chi connectivity index (χ0) is 20.4. The summed E-state index contributed by atoms with van der Waals surface area (Å²) in [5.41, 5.74) is 4.67. The fourth-order valence-corrected chi connectivity index (χ4v) is 4.30. The van der Waals surface area contributed by atoms with Crippen LogP contribution in [-0.4, -0.2) is 20.7 Å². The van der Waals surface area contributed by atoms with Crippen molar-refractivity contribution >= 4 is 34.3 Å². The van der Waals surface area contributed by atoms with Gasteiger partial charge < -0.3 is 5.32 Å². The molecule has 1 unspecified atom stereocenters. The highest BCUT2D eigenvalue weighted by molar-refractivity contribution is 8.00. The number of aromatic nitrogens is 2. The Morgan fingerprint density at radius 1 is 1.18 bits per heavy atom. The molecule has 3 aromatic rings. The van der Waals surface area contributed by atoms with E-state index < -0.39 is 5.25 Å². The second kappa shape index (κ2) is 8.19. The number of amides is 1. The van der Waals surface area contributed by atoms with Crippen LogP contribution in [0.1, 0.15) is 30.5 Å². The van der Waals surface area contributed by atoms with Crippen molar-refractivity contribution in [2.24, 2.45) is 0 Å². The molecular formula is C22H25N3O2S. The molecule has 0 aliphatic carbocycles. The second-order valence-corrected chi connectivity index (χ2v) is 8.29. The molecule has 6 heteroatoms. The van der Waals surface area contributed by atoms with Gasteiger partial charge in [0.15, 0.2) is 5.16 Å². The van der Waals surface area contributed by atoms with Crippen molar-refractivity contribution in [3.05, 3.63) is 63.4 Å². The third kappa shape index (κ3) is 3.97. The van der Waals surface area contributed by atoms with Crippen LogP contribution in [0.25, 0.3) is 10.9 Å². The molecule has 3 rings (SSSR count). The van der Waals surface area contributed by atoms with Gasteiger partial charge in [0.2, 0.25) is 5.91 Å². The normalized spacial score (nSPS) is 12.2. The van der Waals surface area contributed by atoms with E-state index in [4.69, 9.17) is 0 Å². The van der Waals surface area contributed by atoms with Gasteiger partial charge in [0, 0.05) is 12.2 Å². The minimum atomic E-state index is -0.397. The number of thioether (sulfide) groups is 1. The number of para-hydroxylation sites is 1. The quantitative estimate of drug-likeness (QED) is 0.512. The molecule has 1 amide bonds. The monoisotopic (exact) mass is 395 g/mol. The largest absolute Gasteiger partial charge is 0.325 e. The van der Waals surface area contributed by atoms with Crippen molar-refractivity contribution in [1.29, 1.82) is 0 Å². The van der Waals surface area contributed by atoms with Crippen molar-refractivity contribution in [2.45, 2.75) is 51.6 Å². The molecule has 1 heterocycles. The van der Waals surface area contributed by atoms with Gasteiger partial charge in [-0.3, -0.25) is 14.2 Å². The maximum absolute atomic E-state index is 12.8. The van der Waals surface area contributed by atoms with Crippen LogP contribution in [-0.2, 0) is 11.3 Å². The highest BCUT2D eigenvalue weighted by atomic mass is 32.2. The van der Waals surface area contributed by atoms with E-state index >= 15 is 0 Å². The number of nitrogens with zero attached hydrogens (tertiary/aromatic N) is 2. The molecule has 0 bridgehead atoms. The van der Waals surface area contributed by atoms with Gasteiger partial charge in [0.05, 0.1) is 16.2 Å². The fraction of sp³-hybridized carbons (Fsp3) is 0.318. The predicted octanol–water partition coefficient (Wildman–Crippen LogP) is 4.46. The van der Waals surface area contributed by atoms with Crippen molar-refractivity contribution in [2.75, 3.05) is 5.32 Å². The molecule has 0 spiro atoms. The van der Waals surface area contributed by atoms with Gasteiger partial charge in [-0.2, -0.15) is 0 Å². The molecule has 0 radical (unpaired) electrons. The number of benzene rings is 2. The Morgan fingerprint density at radius 3 is 2.46 bits per heavy atom. The van der Waals surface area contributed by atoms with Gasteiger partial charge >= 0.3 is 0 Å². The van der Waals surface area contributed by atoms with Crippen LogP contribution in [0.2, 0.25) is 0 Å². The molecule has 0 aliphatic heterocycles. The Kier molecular flexibility index (Phi) is 5.89. The zero-order valence-electron chi connectivity index (χ0n) is 16.9. The van der Waals surface area contributed by atoms with Gasteiger partial charge in [-0.1, -0.05) is 41.6 Å². The average molecular weight is 396 g/mol. The predicted molar refractivity (Wildman–Crippen MR) is 116 cm³/mol. The zero-order valence-corrected chi connectivity index (χ0v) is 17.7. The molecule has 2 aromatic carbocycles. The summed E-state index contributed by atoms with van der Waals surface area (Å²) < 4.78 is 1.62. The molecular weight excluding hydrogens is 370 g/mol. The van der Waals surface area contributed by atoms with E-state index in [9.17, 15) is 9.59 Å². The molecule has 146 valence electrons. The lowest BCUT2D eigenvalue weighted by molar-refractivity contribution is -0.115. The van der Waals surface area contributed by atoms with Crippen molar-refractivity contribution < 1.29 is 4.79 Å². The van der Waals surface area contributed by atoms with Gasteiger partial charge in [-0.15, -0.1) is 0 Å². The van der Waals surface area contributed by atoms with E-state index in [1.165, 1.54) is 17.3 Å². The number of nitrogens with one attached hydrogen (secondary N) is 1. The fourth-order valence-electron chi connectivity index (χ4n) is 3.33. The van der Waals surface area contributed by atoms with Crippen LogP contribution in [0, 0.1) is 20.8 Å². The van der Waals surface area contributed by atoms with Gasteiger partial charge in [0.25, 0.3) is 5.56 Å². The van der Waals surface area contributed by atoms with E-state index in [1.807, 2.05) is 52.8 Å². The summed E-state index contributed by atoms with van der Waals surface area (Å²) in [6, 6.07) is 11.4. The van der Waals surface area contributed by atoms with Crippen LogP contribution in [0.4, 0.5) is 5.69 Å².